The van der Waals surface area contributed by atoms with Crippen molar-refractivity contribution in [3.63, 3.8) is 0 Å². The first-order valence-electron chi connectivity index (χ1n) is 8.95. The Morgan fingerprint density at radius 2 is 1.92 bits per heavy atom. The van der Waals surface area contributed by atoms with Crippen LogP contribution in [0, 0.1) is 0 Å². The third kappa shape index (κ3) is 4.92. The number of hydrogen-bond acceptors (Lipinski definition) is 4. The molecule has 1 amide bonds. The van der Waals surface area contributed by atoms with Crippen LogP contribution in [0.15, 0.2) is 36.5 Å². The monoisotopic (exact) mass is 341 g/mol. The number of ether oxygens (including phenoxy) is 1. The maximum atomic E-state index is 12.1. The third-order valence-electron chi connectivity index (χ3n) is 4.41. The molecule has 0 spiro atoms. The minimum atomic E-state index is -0.431. The van der Waals surface area contributed by atoms with E-state index in [1.165, 1.54) is 10.9 Å². The van der Waals surface area contributed by atoms with E-state index in [0.29, 0.717) is 0 Å². The Kier molecular flexibility index (Phi) is 5.23. The van der Waals surface area contributed by atoms with Crippen LogP contribution >= 0.6 is 0 Å². The topological polar surface area (TPSA) is 45.7 Å². The standard InChI is InChI=1S/C20H27N3O2/c1-20(2,3)25-19(24)23-13-11-22(12-14-23)10-8-16-6-7-18-17(15-16)5-4-9-21-18/h4-7,9,15H,8,10-14H2,1-3H3. The van der Waals surface area contributed by atoms with E-state index in [1.807, 2.05) is 37.9 Å². The Morgan fingerprint density at radius 3 is 2.64 bits per heavy atom. The zero-order valence-electron chi connectivity index (χ0n) is 15.4. The Morgan fingerprint density at radius 1 is 1.16 bits per heavy atom. The van der Waals surface area contributed by atoms with Gasteiger partial charge in [-0.05, 0) is 51.0 Å². The summed E-state index contributed by atoms with van der Waals surface area (Å²) in [5.41, 5.74) is 1.94. The van der Waals surface area contributed by atoms with Gasteiger partial charge in [0.2, 0.25) is 0 Å². The van der Waals surface area contributed by atoms with Gasteiger partial charge in [0.05, 0.1) is 5.52 Å². The molecular formula is C20H27N3O2. The highest BCUT2D eigenvalue weighted by Crippen LogP contribution is 2.15. The average molecular weight is 341 g/mol. The molecule has 0 aliphatic carbocycles. The van der Waals surface area contributed by atoms with Crippen molar-refractivity contribution in [2.45, 2.75) is 32.8 Å². The fourth-order valence-corrected chi connectivity index (χ4v) is 3.05. The van der Waals surface area contributed by atoms with Crippen molar-refractivity contribution < 1.29 is 9.53 Å². The van der Waals surface area contributed by atoms with E-state index in [-0.39, 0.29) is 6.09 Å². The van der Waals surface area contributed by atoms with Crippen molar-refractivity contribution in [2.75, 3.05) is 32.7 Å². The van der Waals surface area contributed by atoms with E-state index in [1.54, 1.807) is 0 Å². The lowest BCUT2D eigenvalue weighted by Crippen LogP contribution is -2.50. The molecule has 1 aliphatic heterocycles. The van der Waals surface area contributed by atoms with E-state index in [0.717, 1.165) is 44.7 Å². The van der Waals surface area contributed by atoms with Gasteiger partial charge in [-0.15, -0.1) is 0 Å². The molecule has 2 aromatic rings. The summed E-state index contributed by atoms with van der Waals surface area (Å²) in [4.78, 5) is 20.7. The molecule has 1 aromatic heterocycles. The van der Waals surface area contributed by atoms with Gasteiger partial charge in [-0.1, -0.05) is 12.1 Å². The van der Waals surface area contributed by atoms with E-state index in [2.05, 4.69) is 34.1 Å². The third-order valence-corrected chi connectivity index (χ3v) is 4.41. The van der Waals surface area contributed by atoms with Gasteiger partial charge in [0, 0.05) is 44.3 Å². The quantitative estimate of drug-likeness (QED) is 0.859. The van der Waals surface area contributed by atoms with Gasteiger partial charge in [0.25, 0.3) is 0 Å². The number of piperazine rings is 1. The van der Waals surface area contributed by atoms with Gasteiger partial charge in [0.1, 0.15) is 5.60 Å². The van der Waals surface area contributed by atoms with Gasteiger partial charge < -0.3 is 9.64 Å². The smallest absolute Gasteiger partial charge is 0.410 e. The van der Waals surface area contributed by atoms with Gasteiger partial charge in [0.15, 0.2) is 0 Å². The highest BCUT2D eigenvalue weighted by molar-refractivity contribution is 5.78. The number of nitrogens with zero attached hydrogens (tertiary/aromatic N) is 3. The van der Waals surface area contributed by atoms with Crippen LogP contribution in [0.4, 0.5) is 4.79 Å². The number of hydrogen-bond donors (Lipinski definition) is 0. The highest BCUT2D eigenvalue weighted by atomic mass is 16.6. The van der Waals surface area contributed by atoms with E-state index in [4.69, 9.17) is 4.74 Å². The Labute approximate surface area is 149 Å². The van der Waals surface area contributed by atoms with Crippen molar-refractivity contribution in [1.82, 2.24) is 14.8 Å². The number of benzene rings is 1. The zero-order chi connectivity index (χ0) is 17.9. The molecule has 25 heavy (non-hydrogen) atoms. The summed E-state index contributed by atoms with van der Waals surface area (Å²) < 4.78 is 5.45. The van der Waals surface area contributed by atoms with Crippen LogP contribution in [-0.2, 0) is 11.2 Å². The summed E-state index contributed by atoms with van der Waals surface area (Å²) in [5, 5.41) is 1.19. The molecule has 0 radical (unpaired) electrons. The molecule has 5 heteroatoms. The second-order valence-electron chi connectivity index (χ2n) is 7.59. The predicted molar refractivity (Wildman–Crippen MR) is 99.7 cm³/mol. The molecular weight excluding hydrogens is 314 g/mol. The van der Waals surface area contributed by atoms with E-state index >= 15 is 0 Å². The summed E-state index contributed by atoms with van der Waals surface area (Å²) in [5.74, 6) is 0. The molecule has 0 atom stereocenters. The molecule has 5 nitrogen and oxygen atoms in total. The second-order valence-corrected chi connectivity index (χ2v) is 7.59. The molecule has 1 fully saturated rings. The van der Waals surface area contributed by atoms with Crippen LogP contribution in [0.5, 0.6) is 0 Å². The largest absolute Gasteiger partial charge is 0.444 e. The fourth-order valence-electron chi connectivity index (χ4n) is 3.05. The number of fused-ring (bicyclic) bond motifs is 1. The molecule has 134 valence electrons. The van der Waals surface area contributed by atoms with Gasteiger partial charge >= 0.3 is 6.09 Å². The predicted octanol–water partition coefficient (Wildman–Crippen LogP) is 3.33. The fraction of sp³-hybridized carbons (Fsp3) is 0.500. The Bertz CT molecular complexity index is 731. The molecule has 0 N–H and O–H groups in total. The maximum absolute atomic E-state index is 12.1. The van der Waals surface area contributed by atoms with Crippen molar-refractivity contribution in [3.05, 3.63) is 42.1 Å². The van der Waals surface area contributed by atoms with Gasteiger partial charge in [-0.2, -0.15) is 0 Å². The van der Waals surface area contributed by atoms with E-state index in [9.17, 15) is 4.79 Å². The van der Waals surface area contributed by atoms with Crippen LogP contribution < -0.4 is 0 Å². The highest BCUT2D eigenvalue weighted by Gasteiger charge is 2.25. The molecule has 2 heterocycles. The summed E-state index contributed by atoms with van der Waals surface area (Å²) in [6.45, 7) is 9.98. The Balaban J connectivity index is 1.48. The molecule has 0 saturated carbocycles. The number of aromatic nitrogens is 1. The lowest BCUT2D eigenvalue weighted by Gasteiger charge is -2.35. The van der Waals surface area contributed by atoms with Crippen LogP contribution in [0.2, 0.25) is 0 Å². The number of rotatable bonds is 3. The average Bonchev–Trinajstić information content (AvgIpc) is 2.59. The first-order chi connectivity index (χ1) is 11.9. The lowest BCUT2D eigenvalue weighted by molar-refractivity contribution is 0.0146. The van der Waals surface area contributed by atoms with E-state index < -0.39 is 5.60 Å². The molecule has 1 saturated heterocycles. The summed E-state index contributed by atoms with van der Waals surface area (Å²) in [6, 6.07) is 10.5. The number of pyridine rings is 1. The van der Waals surface area contributed by atoms with Crippen LogP contribution in [0.3, 0.4) is 0 Å². The van der Waals surface area contributed by atoms with Crippen molar-refractivity contribution in [3.8, 4) is 0 Å². The summed E-state index contributed by atoms with van der Waals surface area (Å²) >= 11 is 0. The minimum absolute atomic E-state index is 0.200. The minimum Gasteiger partial charge on any atom is -0.444 e. The number of carbonyl (C=O) groups is 1. The summed E-state index contributed by atoms with van der Waals surface area (Å²) in [6.07, 6.45) is 2.64. The zero-order valence-corrected chi connectivity index (χ0v) is 15.4. The summed E-state index contributed by atoms with van der Waals surface area (Å²) in [7, 11) is 0. The maximum Gasteiger partial charge on any atom is 0.410 e. The molecule has 1 aliphatic rings. The normalized spacial score (nSPS) is 16.2. The van der Waals surface area contributed by atoms with Gasteiger partial charge in [-0.25, -0.2) is 4.79 Å². The molecule has 0 bridgehead atoms. The lowest BCUT2D eigenvalue weighted by atomic mass is 10.1. The van der Waals surface area contributed by atoms with Crippen molar-refractivity contribution in [2.24, 2.45) is 0 Å². The molecule has 1 aromatic carbocycles. The number of amides is 1. The first kappa shape index (κ1) is 17.7. The first-order valence-corrected chi connectivity index (χ1v) is 8.95. The van der Waals surface area contributed by atoms with Crippen molar-refractivity contribution >= 4 is 17.0 Å². The van der Waals surface area contributed by atoms with Crippen LogP contribution in [0.25, 0.3) is 10.9 Å². The van der Waals surface area contributed by atoms with Crippen molar-refractivity contribution in [1.29, 1.82) is 0 Å². The SMILES string of the molecule is CC(C)(C)OC(=O)N1CCN(CCc2ccc3ncccc3c2)CC1. The van der Waals surface area contributed by atoms with Crippen LogP contribution in [-0.4, -0.2) is 59.2 Å². The van der Waals surface area contributed by atoms with Crippen LogP contribution in [0.1, 0.15) is 26.3 Å². The number of carbonyl (C=O) groups excluding carboxylic acids is 1. The van der Waals surface area contributed by atoms with Gasteiger partial charge in [-0.3, -0.25) is 9.88 Å². The Hall–Kier alpha value is -2.14. The molecule has 0 unspecified atom stereocenters. The molecule has 3 rings (SSSR count). The second kappa shape index (κ2) is 7.40.